The molecular formula is C33H46N2O6. The molecule has 1 heterocycles. The van der Waals surface area contributed by atoms with Crippen molar-refractivity contribution in [3.63, 3.8) is 0 Å². The number of carbonyl (C=O) groups is 4. The minimum Gasteiger partial charge on any atom is -0.441 e. The van der Waals surface area contributed by atoms with E-state index < -0.39 is 24.2 Å². The number of hydrogen-bond donors (Lipinski definition) is 2. The van der Waals surface area contributed by atoms with E-state index >= 15 is 0 Å². The van der Waals surface area contributed by atoms with Crippen LogP contribution in [0.4, 0.5) is 4.79 Å². The third kappa shape index (κ3) is 8.73. The van der Waals surface area contributed by atoms with Crippen LogP contribution in [0, 0.1) is 23.7 Å². The average Bonchev–Trinajstić information content (AvgIpc) is 2.90. The lowest BCUT2D eigenvalue weighted by Crippen LogP contribution is -2.35. The number of carbonyl (C=O) groups excluding carboxylic acids is 4. The van der Waals surface area contributed by atoms with E-state index in [-0.39, 0.29) is 40.9 Å². The Balaban J connectivity index is 2.61. The Morgan fingerprint density at radius 3 is 2.44 bits per heavy atom. The van der Waals surface area contributed by atoms with E-state index in [4.69, 9.17) is 10.5 Å². The first kappa shape index (κ1) is 33.7. The number of allylic oxidation sites excluding steroid dienone is 6. The van der Waals surface area contributed by atoms with Crippen LogP contribution in [0.3, 0.4) is 0 Å². The Bertz CT molecular complexity index is 1200. The molecule has 2 rings (SSSR count). The van der Waals surface area contributed by atoms with Crippen molar-refractivity contribution < 1.29 is 29.0 Å². The standard InChI is InChI=1S/C33H46N2O6/c1-9-10-14-25-26-16-19(2)15-22(5)29(37)23(6)17-24(7)31(41-33(34)40)20(3)12-11-13-21(4)32(39)35(8)27(30(26)38)18-28(25)36/h9,11-13,17-20,22-23,29,31,37H,1,10,14-16H2,2-8H3,(H2,34,40)/b12-11-,21-13+,24-17+. The summed E-state index contributed by atoms with van der Waals surface area (Å²) in [4.78, 5) is 53.2. The summed E-state index contributed by atoms with van der Waals surface area (Å²) in [5, 5.41) is 11.2. The van der Waals surface area contributed by atoms with Crippen molar-refractivity contribution in [1.29, 1.82) is 0 Å². The Morgan fingerprint density at radius 2 is 1.83 bits per heavy atom. The first-order chi connectivity index (χ1) is 19.2. The van der Waals surface area contributed by atoms with Gasteiger partial charge in [0, 0.05) is 41.7 Å². The number of nitrogens with zero attached hydrogens (tertiary/aromatic N) is 1. The fourth-order valence-corrected chi connectivity index (χ4v) is 5.70. The molecule has 0 aromatic carbocycles. The van der Waals surface area contributed by atoms with E-state index in [1.807, 2.05) is 40.7 Å². The van der Waals surface area contributed by atoms with Gasteiger partial charge in [0.05, 0.1) is 11.8 Å². The fraction of sp³-hybridized carbons (Fsp3) is 0.515. The molecule has 2 aliphatic rings. The van der Waals surface area contributed by atoms with E-state index in [0.29, 0.717) is 42.4 Å². The number of Topliss-reactive ketones (excluding diaryl/α,β-unsaturated/α-hetero) is 1. The van der Waals surface area contributed by atoms with Gasteiger partial charge in [0.2, 0.25) is 5.78 Å². The highest BCUT2D eigenvalue weighted by Gasteiger charge is 2.33. The first-order valence-electron chi connectivity index (χ1n) is 14.3. The Morgan fingerprint density at radius 1 is 1.17 bits per heavy atom. The van der Waals surface area contributed by atoms with Crippen molar-refractivity contribution in [2.45, 2.75) is 79.4 Å². The summed E-state index contributed by atoms with van der Waals surface area (Å²) in [6.45, 7) is 14.9. The molecule has 6 atom stereocenters. The molecule has 2 amide bonds. The summed E-state index contributed by atoms with van der Waals surface area (Å²) in [6.07, 6.45) is 9.61. The van der Waals surface area contributed by atoms with Gasteiger partial charge in [-0.3, -0.25) is 14.4 Å². The lowest BCUT2D eigenvalue weighted by Gasteiger charge is -2.29. The van der Waals surface area contributed by atoms with Gasteiger partial charge in [-0.05, 0) is 56.9 Å². The molecule has 6 unspecified atom stereocenters. The summed E-state index contributed by atoms with van der Waals surface area (Å²) >= 11 is 0. The molecule has 224 valence electrons. The smallest absolute Gasteiger partial charge is 0.405 e. The fourth-order valence-electron chi connectivity index (χ4n) is 5.70. The van der Waals surface area contributed by atoms with Gasteiger partial charge in [0.1, 0.15) is 6.10 Å². The molecule has 1 aliphatic heterocycles. The van der Waals surface area contributed by atoms with Crippen molar-refractivity contribution in [3.05, 3.63) is 71.0 Å². The largest absolute Gasteiger partial charge is 0.441 e. The number of hydrogen-bond acceptors (Lipinski definition) is 6. The lowest BCUT2D eigenvalue weighted by molar-refractivity contribution is -0.127. The van der Waals surface area contributed by atoms with Crippen molar-refractivity contribution in [2.24, 2.45) is 29.4 Å². The number of likely N-dealkylation sites (N-methyl/N-ethyl adjacent to an activating group) is 1. The molecule has 3 N–H and O–H groups in total. The minimum absolute atomic E-state index is 0.0263. The minimum atomic E-state index is -0.902. The Kier molecular flexibility index (Phi) is 12.3. The maximum atomic E-state index is 13.8. The highest BCUT2D eigenvalue weighted by molar-refractivity contribution is 6.23. The third-order valence-corrected chi connectivity index (χ3v) is 7.94. The van der Waals surface area contributed by atoms with Crippen LogP contribution in [0.2, 0.25) is 0 Å². The molecule has 0 aromatic heterocycles. The van der Waals surface area contributed by atoms with Crippen LogP contribution in [0.25, 0.3) is 0 Å². The summed E-state index contributed by atoms with van der Waals surface area (Å²) in [6, 6.07) is 0. The molecule has 0 fully saturated rings. The van der Waals surface area contributed by atoms with Gasteiger partial charge in [0.25, 0.3) is 5.91 Å². The molecule has 1 aliphatic carbocycles. The summed E-state index contributed by atoms with van der Waals surface area (Å²) < 4.78 is 5.43. The molecule has 0 radical (unpaired) electrons. The number of aliphatic hydroxyl groups is 1. The zero-order chi connectivity index (χ0) is 31.0. The SMILES string of the molecule is C=CCCC1=C2CC(C)CC(C)C(O)C(C)/C=C(\C)C(OC(N)=O)C(C)/C=C\C=C(/C)C(=O)N(C)C(=CC1=O)C2=O. The molecule has 8 heteroatoms. The van der Waals surface area contributed by atoms with Crippen molar-refractivity contribution in [1.82, 2.24) is 4.90 Å². The van der Waals surface area contributed by atoms with Crippen LogP contribution in [0.5, 0.6) is 0 Å². The molecular weight excluding hydrogens is 520 g/mol. The number of fused-ring (bicyclic) bond motifs is 2. The van der Waals surface area contributed by atoms with Crippen LogP contribution < -0.4 is 5.73 Å². The van der Waals surface area contributed by atoms with Gasteiger partial charge in [-0.1, -0.05) is 58.1 Å². The zero-order valence-corrected chi connectivity index (χ0v) is 25.5. The van der Waals surface area contributed by atoms with Gasteiger partial charge < -0.3 is 20.5 Å². The maximum absolute atomic E-state index is 13.8. The molecule has 0 spiro atoms. The highest BCUT2D eigenvalue weighted by atomic mass is 16.6. The molecule has 0 aromatic rings. The number of ketones is 2. The van der Waals surface area contributed by atoms with E-state index in [9.17, 15) is 24.3 Å². The quantitative estimate of drug-likeness (QED) is 0.349. The predicted octanol–water partition coefficient (Wildman–Crippen LogP) is 5.36. The second kappa shape index (κ2) is 14.9. The van der Waals surface area contributed by atoms with Crippen molar-refractivity contribution in [3.8, 4) is 0 Å². The van der Waals surface area contributed by atoms with Gasteiger partial charge in [-0.25, -0.2) is 4.79 Å². The number of rotatable bonds is 4. The van der Waals surface area contributed by atoms with Crippen LogP contribution >= 0.6 is 0 Å². The lowest BCUT2D eigenvalue weighted by atomic mass is 9.80. The van der Waals surface area contributed by atoms with Crippen molar-refractivity contribution in [2.75, 3.05) is 7.05 Å². The average molecular weight is 567 g/mol. The second-order valence-electron chi connectivity index (χ2n) is 11.6. The number of nitrogens with two attached hydrogens (primary N) is 1. The molecule has 0 saturated heterocycles. The number of amides is 2. The normalized spacial score (nSPS) is 32.4. The van der Waals surface area contributed by atoms with Crippen LogP contribution in [-0.4, -0.2) is 52.8 Å². The Labute approximate surface area is 244 Å². The van der Waals surface area contributed by atoms with E-state index in [0.717, 1.165) is 5.57 Å². The van der Waals surface area contributed by atoms with E-state index in [1.54, 1.807) is 31.2 Å². The maximum Gasteiger partial charge on any atom is 0.405 e. The van der Waals surface area contributed by atoms with Gasteiger partial charge in [0.15, 0.2) is 5.78 Å². The molecule has 41 heavy (non-hydrogen) atoms. The van der Waals surface area contributed by atoms with Crippen LogP contribution in [0.15, 0.2) is 71.0 Å². The Hall–Kier alpha value is -3.52. The van der Waals surface area contributed by atoms with Gasteiger partial charge in [-0.2, -0.15) is 0 Å². The van der Waals surface area contributed by atoms with Gasteiger partial charge >= 0.3 is 6.09 Å². The number of ether oxygens (including phenoxy) is 1. The zero-order valence-electron chi connectivity index (χ0n) is 25.5. The molecule has 8 nitrogen and oxygen atoms in total. The third-order valence-electron chi connectivity index (χ3n) is 7.94. The van der Waals surface area contributed by atoms with Gasteiger partial charge in [-0.15, -0.1) is 6.58 Å². The van der Waals surface area contributed by atoms with Crippen LogP contribution in [-0.2, 0) is 19.1 Å². The highest BCUT2D eigenvalue weighted by Crippen LogP contribution is 2.33. The molecule has 2 bridgehead atoms. The van der Waals surface area contributed by atoms with E-state index in [1.165, 1.54) is 18.0 Å². The van der Waals surface area contributed by atoms with Crippen molar-refractivity contribution >= 4 is 23.6 Å². The molecule has 0 saturated carbocycles. The number of primary amides is 1. The van der Waals surface area contributed by atoms with Crippen LogP contribution in [0.1, 0.15) is 67.2 Å². The summed E-state index contributed by atoms with van der Waals surface area (Å²) in [7, 11) is 1.49. The topological polar surface area (TPSA) is 127 Å². The van der Waals surface area contributed by atoms with E-state index in [2.05, 4.69) is 6.58 Å². The second-order valence-corrected chi connectivity index (χ2v) is 11.6. The monoisotopic (exact) mass is 566 g/mol. The summed E-state index contributed by atoms with van der Waals surface area (Å²) in [5.41, 5.74) is 7.40. The number of aliphatic hydroxyl groups excluding tert-OH is 1. The summed E-state index contributed by atoms with van der Waals surface area (Å²) in [5.74, 6) is -1.71. The first-order valence-corrected chi connectivity index (χ1v) is 14.3. The predicted molar refractivity (Wildman–Crippen MR) is 160 cm³/mol.